The van der Waals surface area contributed by atoms with Crippen LogP contribution >= 0.6 is 0 Å². The number of nitrogens with one attached hydrogen (secondary N) is 1. The molecule has 7 nitrogen and oxygen atoms in total. The van der Waals surface area contributed by atoms with Crippen LogP contribution in [0.25, 0.3) is 0 Å². The highest BCUT2D eigenvalue weighted by Gasteiger charge is 2.54. The van der Waals surface area contributed by atoms with Crippen LogP contribution in [0.15, 0.2) is 54.6 Å². The summed E-state index contributed by atoms with van der Waals surface area (Å²) in [6.07, 6.45) is 2.16. The largest absolute Gasteiger partial charge is 0.480 e. The lowest BCUT2D eigenvalue weighted by molar-refractivity contribution is -0.148. The van der Waals surface area contributed by atoms with Crippen LogP contribution in [0.1, 0.15) is 37.2 Å². The SMILES string of the molecule is CN(C(=O)C(=O)CC(N)(C(=O)O)C1c2ccccc2NC2CCCC21)c1ccccc1. The zero-order valence-corrected chi connectivity index (χ0v) is 17.5. The summed E-state index contributed by atoms with van der Waals surface area (Å²) in [5.41, 5.74) is 6.88. The third-order valence-corrected chi connectivity index (χ3v) is 6.73. The number of ketones is 1. The van der Waals surface area contributed by atoms with Gasteiger partial charge in [0.2, 0.25) is 5.78 Å². The van der Waals surface area contributed by atoms with Crippen LogP contribution < -0.4 is 16.0 Å². The number of nitrogens with two attached hydrogens (primary N) is 1. The van der Waals surface area contributed by atoms with E-state index < -0.39 is 35.5 Å². The number of amides is 1. The Bertz CT molecular complexity index is 1010. The number of rotatable bonds is 6. The standard InChI is InChI=1S/C24H27N3O4/c1-27(15-8-3-2-4-9-15)22(29)20(28)14-24(25,23(30)31)21-16-10-5-6-12-18(16)26-19-13-7-11-17(19)21/h2-6,8-10,12,17,19,21,26H,7,11,13-14,25H2,1H3,(H,30,31). The van der Waals surface area contributed by atoms with Crippen molar-refractivity contribution in [2.45, 2.75) is 43.2 Å². The fourth-order valence-electron chi connectivity index (χ4n) is 5.17. The van der Waals surface area contributed by atoms with Gasteiger partial charge in [-0.25, -0.2) is 0 Å². The van der Waals surface area contributed by atoms with Crippen molar-refractivity contribution < 1.29 is 19.5 Å². The molecule has 4 atom stereocenters. The average molecular weight is 421 g/mol. The second-order valence-corrected chi connectivity index (χ2v) is 8.56. The molecule has 4 N–H and O–H groups in total. The smallest absolute Gasteiger partial charge is 0.324 e. The van der Waals surface area contributed by atoms with E-state index in [-0.39, 0.29) is 12.0 Å². The Morgan fingerprint density at radius 2 is 1.77 bits per heavy atom. The molecule has 4 rings (SSSR count). The quantitative estimate of drug-likeness (QED) is 0.618. The van der Waals surface area contributed by atoms with Crippen LogP contribution in [0.5, 0.6) is 0 Å². The molecule has 0 bridgehead atoms. The van der Waals surface area contributed by atoms with Crippen LogP contribution in [0.4, 0.5) is 11.4 Å². The van der Waals surface area contributed by atoms with E-state index >= 15 is 0 Å². The maximum Gasteiger partial charge on any atom is 0.324 e. The van der Waals surface area contributed by atoms with Gasteiger partial charge in [-0.1, -0.05) is 42.8 Å². The molecule has 0 radical (unpaired) electrons. The fraction of sp³-hybridized carbons (Fsp3) is 0.375. The number of fused-ring (bicyclic) bond motifs is 2. The Morgan fingerprint density at radius 1 is 1.10 bits per heavy atom. The van der Waals surface area contributed by atoms with Gasteiger partial charge in [0.25, 0.3) is 5.91 Å². The lowest BCUT2D eigenvalue weighted by atomic mass is 9.66. The van der Waals surface area contributed by atoms with Gasteiger partial charge < -0.3 is 21.1 Å². The Morgan fingerprint density at radius 3 is 2.48 bits per heavy atom. The van der Waals surface area contributed by atoms with Crippen molar-refractivity contribution in [2.75, 3.05) is 17.3 Å². The normalized spacial score (nSPS) is 23.6. The highest BCUT2D eigenvalue weighted by atomic mass is 16.4. The monoisotopic (exact) mass is 421 g/mol. The number of hydrogen-bond donors (Lipinski definition) is 3. The molecule has 2 aromatic rings. The van der Waals surface area contributed by atoms with Crippen LogP contribution in [-0.4, -0.2) is 41.4 Å². The molecule has 4 unspecified atom stereocenters. The summed E-state index contributed by atoms with van der Waals surface area (Å²) in [6.45, 7) is 0. The number of carboxylic acid groups (broad SMARTS) is 1. The third-order valence-electron chi connectivity index (χ3n) is 6.73. The molecule has 2 aliphatic rings. The molecule has 0 spiro atoms. The zero-order valence-electron chi connectivity index (χ0n) is 17.5. The predicted molar refractivity (Wildman–Crippen MR) is 118 cm³/mol. The first-order valence-electron chi connectivity index (χ1n) is 10.6. The molecule has 2 aromatic carbocycles. The fourth-order valence-corrected chi connectivity index (χ4v) is 5.17. The van der Waals surface area contributed by atoms with Crippen molar-refractivity contribution in [3.63, 3.8) is 0 Å². The Labute approximate surface area is 181 Å². The molecule has 1 saturated carbocycles. The summed E-state index contributed by atoms with van der Waals surface area (Å²) < 4.78 is 0. The van der Waals surface area contributed by atoms with Gasteiger partial charge in [0.05, 0.1) is 0 Å². The Hall–Kier alpha value is -3.19. The van der Waals surface area contributed by atoms with E-state index in [1.165, 1.54) is 11.9 Å². The van der Waals surface area contributed by atoms with E-state index in [0.717, 1.165) is 30.5 Å². The molecule has 1 fully saturated rings. The number of hydrogen-bond acceptors (Lipinski definition) is 5. The third kappa shape index (κ3) is 3.70. The summed E-state index contributed by atoms with van der Waals surface area (Å²) in [7, 11) is 1.50. The van der Waals surface area contributed by atoms with E-state index in [0.29, 0.717) is 5.69 Å². The number of para-hydroxylation sites is 2. The number of carboxylic acids is 1. The molecule has 1 heterocycles. The molecule has 162 valence electrons. The molecule has 0 aromatic heterocycles. The molecule has 1 aliphatic heterocycles. The summed E-state index contributed by atoms with van der Waals surface area (Å²) in [5.74, 6) is -3.41. The van der Waals surface area contributed by atoms with Gasteiger partial charge in [0.15, 0.2) is 0 Å². The summed E-state index contributed by atoms with van der Waals surface area (Å²) in [6, 6.07) is 16.4. The second-order valence-electron chi connectivity index (χ2n) is 8.56. The predicted octanol–water partition coefficient (Wildman–Crippen LogP) is 2.77. The van der Waals surface area contributed by atoms with Crippen molar-refractivity contribution in [3.05, 3.63) is 60.2 Å². The van der Waals surface area contributed by atoms with Crippen LogP contribution in [0.3, 0.4) is 0 Å². The maximum atomic E-state index is 13.0. The summed E-state index contributed by atoms with van der Waals surface area (Å²) >= 11 is 0. The molecule has 1 aliphatic carbocycles. The molecular formula is C24H27N3O4. The molecular weight excluding hydrogens is 394 g/mol. The van der Waals surface area contributed by atoms with E-state index in [4.69, 9.17) is 5.73 Å². The number of likely N-dealkylation sites (N-methyl/N-ethyl adjacent to an activating group) is 1. The van der Waals surface area contributed by atoms with Crippen molar-refractivity contribution in [1.29, 1.82) is 0 Å². The van der Waals surface area contributed by atoms with Crippen LogP contribution in [0, 0.1) is 5.92 Å². The Kier molecular flexibility index (Phi) is 5.54. The molecule has 31 heavy (non-hydrogen) atoms. The van der Waals surface area contributed by atoms with Gasteiger partial charge in [-0.3, -0.25) is 14.4 Å². The minimum absolute atomic E-state index is 0.00856. The molecule has 7 heteroatoms. The lowest BCUT2D eigenvalue weighted by Gasteiger charge is -2.44. The number of carbonyl (C=O) groups is 3. The highest BCUT2D eigenvalue weighted by Crippen LogP contribution is 2.50. The lowest BCUT2D eigenvalue weighted by Crippen LogP contribution is -2.59. The van der Waals surface area contributed by atoms with Gasteiger partial charge in [-0.05, 0) is 42.5 Å². The number of nitrogens with zero attached hydrogens (tertiary/aromatic N) is 1. The molecule has 0 saturated heterocycles. The highest BCUT2D eigenvalue weighted by molar-refractivity contribution is 6.41. The first-order valence-corrected chi connectivity index (χ1v) is 10.6. The number of aliphatic carboxylic acids is 1. The van der Waals surface area contributed by atoms with Crippen LogP contribution in [0.2, 0.25) is 0 Å². The minimum Gasteiger partial charge on any atom is -0.480 e. The second kappa shape index (κ2) is 8.15. The van der Waals surface area contributed by atoms with Gasteiger partial charge >= 0.3 is 5.97 Å². The van der Waals surface area contributed by atoms with E-state index in [2.05, 4.69) is 5.32 Å². The number of Topliss-reactive ketones (excluding diaryl/α,β-unsaturated/α-hetero) is 1. The summed E-state index contributed by atoms with van der Waals surface area (Å²) in [4.78, 5) is 39.5. The van der Waals surface area contributed by atoms with Gasteiger partial charge in [0, 0.05) is 36.8 Å². The minimum atomic E-state index is -1.88. The van der Waals surface area contributed by atoms with Crippen LogP contribution in [-0.2, 0) is 14.4 Å². The van der Waals surface area contributed by atoms with E-state index in [1.54, 1.807) is 24.3 Å². The number of carbonyl (C=O) groups excluding carboxylic acids is 2. The van der Waals surface area contributed by atoms with Crippen molar-refractivity contribution in [1.82, 2.24) is 0 Å². The van der Waals surface area contributed by atoms with Crippen molar-refractivity contribution in [2.24, 2.45) is 11.7 Å². The van der Waals surface area contributed by atoms with Gasteiger partial charge in [-0.2, -0.15) is 0 Å². The first-order chi connectivity index (χ1) is 14.8. The summed E-state index contributed by atoms with van der Waals surface area (Å²) in [5, 5.41) is 13.7. The van der Waals surface area contributed by atoms with Gasteiger partial charge in [-0.15, -0.1) is 0 Å². The van der Waals surface area contributed by atoms with Gasteiger partial charge in [0.1, 0.15) is 5.54 Å². The topological polar surface area (TPSA) is 113 Å². The van der Waals surface area contributed by atoms with Crippen molar-refractivity contribution >= 4 is 29.0 Å². The average Bonchev–Trinajstić information content (AvgIpc) is 3.24. The maximum absolute atomic E-state index is 13.0. The van der Waals surface area contributed by atoms with E-state index in [9.17, 15) is 19.5 Å². The van der Waals surface area contributed by atoms with Crippen molar-refractivity contribution in [3.8, 4) is 0 Å². The number of benzene rings is 2. The van der Waals surface area contributed by atoms with E-state index in [1.807, 2.05) is 30.3 Å². The zero-order chi connectivity index (χ0) is 22.2. The number of anilines is 2. The molecule has 1 amide bonds. The Balaban J connectivity index is 1.66. The first kappa shape index (κ1) is 21.1.